The summed E-state index contributed by atoms with van der Waals surface area (Å²) >= 11 is 0. The van der Waals surface area contributed by atoms with Crippen molar-refractivity contribution in [3.63, 3.8) is 0 Å². The number of rotatable bonds is 52. The van der Waals surface area contributed by atoms with Gasteiger partial charge in [0.15, 0.2) is 0 Å². The van der Waals surface area contributed by atoms with Gasteiger partial charge in [0.05, 0.1) is 6.61 Å². The van der Waals surface area contributed by atoms with E-state index < -0.39 is 0 Å². The number of carbonyl (C=O) groups excluding carboxylic acids is 1. The Balaban J connectivity index is 3.15. The third-order valence-corrected chi connectivity index (χ3v) is 12.9. The zero-order valence-corrected chi connectivity index (χ0v) is 40.5. The van der Waals surface area contributed by atoms with Gasteiger partial charge in [-0.15, -0.1) is 0 Å². The quantitative estimate of drug-likeness (QED) is 0.0347. The maximum atomic E-state index is 12.1. The van der Waals surface area contributed by atoms with Crippen LogP contribution in [0.4, 0.5) is 0 Å². The van der Waals surface area contributed by atoms with E-state index in [9.17, 15) is 4.79 Å². The average molecular weight is 815 g/mol. The normalized spacial score (nSPS) is 11.7. The fourth-order valence-electron chi connectivity index (χ4n) is 8.78. The van der Waals surface area contributed by atoms with E-state index >= 15 is 0 Å². The molecule has 0 rings (SSSR count). The van der Waals surface area contributed by atoms with E-state index in [1.54, 1.807) is 0 Å². The molecule has 0 saturated heterocycles. The van der Waals surface area contributed by atoms with Crippen LogP contribution in [0.15, 0.2) is 12.2 Å². The second-order valence-corrected chi connectivity index (χ2v) is 18.9. The molecule has 0 saturated carbocycles. The Morgan fingerprint density at radius 3 is 0.741 bits per heavy atom. The van der Waals surface area contributed by atoms with E-state index in [0.29, 0.717) is 13.0 Å². The van der Waals surface area contributed by atoms with Gasteiger partial charge in [0, 0.05) is 6.42 Å². The highest BCUT2D eigenvalue weighted by Gasteiger charge is 2.03. The van der Waals surface area contributed by atoms with Crippen molar-refractivity contribution < 1.29 is 9.53 Å². The summed E-state index contributed by atoms with van der Waals surface area (Å²) in [5.74, 6) is 0.0267. The summed E-state index contributed by atoms with van der Waals surface area (Å²) < 4.78 is 5.49. The van der Waals surface area contributed by atoms with Gasteiger partial charge in [-0.05, 0) is 38.5 Å². The first-order valence-corrected chi connectivity index (χ1v) is 27.6. The lowest BCUT2D eigenvalue weighted by molar-refractivity contribution is -0.143. The van der Waals surface area contributed by atoms with Crippen LogP contribution in [0.1, 0.15) is 335 Å². The predicted molar refractivity (Wildman–Crippen MR) is 262 cm³/mol. The highest BCUT2D eigenvalue weighted by molar-refractivity contribution is 5.69. The Bertz CT molecular complexity index is 758. The van der Waals surface area contributed by atoms with Gasteiger partial charge in [-0.3, -0.25) is 4.79 Å². The van der Waals surface area contributed by atoms with Gasteiger partial charge in [-0.25, -0.2) is 0 Å². The van der Waals surface area contributed by atoms with Crippen LogP contribution in [0.3, 0.4) is 0 Å². The second-order valence-electron chi connectivity index (χ2n) is 18.9. The molecule has 0 bridgehead atoms. The van der Waals surface area contributed by atoms with E-state index in [1.807, 2.05) is 0 Å². The van der Waals surface area contributed by atoms with Crippen LogP contribution in [-0.4, -0.2) is 12.6 Å². The molecule has 0 atom stereocenters. The van der Waals surface area contributed by atoms with Gasteiger partial charge in [0.25, 0.3) is 0 Å². The van der Waals surface area contributed by atoms with Crippen molar-refractivity contribution in [1.82, 2.24) is 0 Å². The lowest BCUT2D eigenvalue weighted by atomic mass is 10.0. The molecule has 2 nitrogen and oxygen atoms in total. The zero-order chi connectivity index (χ0) is 41.8. The van der Waals surface area contributed by atoms with Crippen LogP contribution in [0, 0.1) is 0 Å². The molecule has 0 aliphatic rings. The van der Waals surface area contributed by atoms with E-state index in [1.165, 1.54) is 302 Å². The summed E-state index contributed by atoms with van der Waals surface area (Å²) in [6.45, 7) is 5.22. The monoisotopic (exact) mass is 815 g/mol. The maximum Gasteiger partial charge on any atom is 0.305 e. The minimum Gasteiger partial charge on any atom is -0.466 e. The van der Waals surface area contributed by atoms with Crippen molar-refractivity contribution in [2.45, 2.75) is 335 Å². The highest BCUT2D eigenvalue weighted by atomic mass is 16.5. The molecule has 58 heavy (non-hydrogen) atoms. The summed E-state index contributed by atoms with van der Waals surface area (Å²) in [6.07, 6.45) is 73.9. The number of hydrogen-bond donors (Lipinski definition) is 0. The van der Waals surface area contributed by atoms with Crippen molar-refractivity contribution >= 4 is 5.97 Å². The smallest absolute Gasteiger partial charge is 0.305 e. The van der Waals surface area contributed by atoms with Crippen LogP contribution in [0.2, 0.25) is 0 Å². The summed E-state index contributed by atoms with van der Waals surface area (Å²) in [5, 5.41) is 0. The summed E-state index contributed by atoms with van der Waals surface area (Å²) in [5.41, 5.74) is 0. The number of unbranched alkanes of at least 4 members (excludes halogenated alkanes) is 46. The van der Waals surface area contributed by atoms with E-state index in [2.05, 4.69) is 26.0 Å². The van der Waals surface area contributed by atoms with Gasteiger partial charge >= 0.3 is 5.97 Å². The third kappa shape index (κ3) is 53.2. The molecule has 0 spiro atoms. The Morgan fingerprint density at radius 1 is 0.276 bits per heavy atom. The molecule has 0 amide bonds. The van der Waals surface area contributed by atoms with Crippen LogP contribution in [0.5, 0.6) is 0 Å². The van der Waals surface area contributed by atoms with Crippen LogP contribution >= 0.6 is 0 Å². The number of esters is 1. The van der Waals surface area contributed by atoms with E-state index in [4.69, 9.17) is 4.74 Å². The van der Waals surface area contributed by atoms with Gasteiger partial charge in [-0.2, -0.15) is 0 Å². The number of hydrogen-bond acceptors (Lipinski definition) is 2. The Labute approximate surface area is 367 Å². The van der Waals surface area contributed by atoms with Crippen molar-refractivity contribution in [1.29, 1.82) is 0 Å². The van der Waals surface area contributed by atoms with Crippen molar-refractivity contribution in [3.05, 3.63) is 12.2 Å². The lowest BCUT2D eigenvalue weighted by Crippen LogP contribution is -2.05. The maximum absolute atomic E-state index is 12.1. The highest BCUT2D eigenvalue weighted by Crippen LogP contribution is 2.18. The molecule has 0 heterocycles. The largest absolute Gasteiger partial charge is 0.466 e. The summed E-state index contributed by atoms with van der Waals surface area (Å²) in [4.78, 5) is 12.1. The van der Waals surface area contributed by atoms with Gasteiger partial charge in [0.1, 0.15) is 0 Å². The Morgan fingerprint density at radius 2 is 0.483 bits per heavy atom. The second kappa shape index (κ2) is 54.2. The van der Waals surface area contributed by atoms with Gasteiger partial charge in [0.2, 0.25) is 0 Å². The molecular weight excluding hydrogens is 705 g/mol. The Hall–Kier alpha value is -0.790. The number of carbonyl (C=O) groups is 1. The van der Waals surface area contributed by atoms with Crippen molar-refractivity contribution in [2.75, 3.05) is 6.61 Å². The standard InChI is InChI=1S/C56H110O2/c1-3-5-7-9-11-13-15-17-19-21-22-23-24-25-26-27-28-29-30-31-32-33-34-35-36-37-38-39-40-42-44-46-48-50-52-54-56(57)58-55-53-51-49-47-45-43-41-20-18-16-14-12-10-8-6-4-2/h18,20H,3-17,19,21-55H2,1-2H3/b20-18+. The number of ether oxygens (including phenoxy) is 1. The fraction of sp³-hybridized carbons (Fsp3) is 0.946. The first-order valence-electron chi connectivity index (χ1n) is 27.6. The lowest BCUT2D eigenvalue weighted by Gasteiger charge is -2.06. The molecule has 346 valence electrons. The van der Waals surface area contributed by atoms with Crippen LogP contribution in [-0.2, 0) is 9.53 Å². The van der Waals surface area contributed by atoms with E-state index in [0.717, 1.165) is 12.8 Å². The summed E-state index contributed by atoms with van der Waals surface area (Å²) in [6, 6.07) is 0. The van der Waals surface area contributed by atoms with Crippen LogP contribution in [0.25, 0.3) is 0 Å². The first-order chi connectivity index (χ1) is 28.8. The van der Waals surface area contributed by atoms with Gasteiger partial charge in [-0.1, -0.05) is 302 Å². The molecule has 0 aliphatic carbocycles. The van der Waals surface area contributed by atoms with Crippen LogP contribution < -0.4 is 0 Å². The SMILES string of the molecule is CCCCCCCC/C=C/CCCCCCCCOC(=O)CCCCCCCCCCCCCCCCCCCCCCCCCCCCCCCCCCCCC. The molecular formula is C56H110O2. The fourth-order valence-corrected chi connectivity index (χ4v) is 8.78. The van der Waals surface area contributed by atoms with Crippen molar-refractivity contribution in [2.24, 2.45) is 0 Å². The predicted octanol–water partition coefficient (Wildman–Crippen LogP) is 20.6. The van der Waals surface area contributed by atoms with E-state index in [-0.39, 0.29) is 5.97 Å². The zero-order valence-electron chi connectivity index (χ0n) is 40.5. The molecule has 0 aromatic carbocycles. The minimum absolute atomic E-state index is 0.0267. The molecule has 0 unspecified atom stereocenters. The first kappa shape index (κ1) is 57.2. The molecule has 2 heteroatoms. The minimum atomic E-state index is 0.0267. The van der Waals surface area contributed by atoms with Gasteiger partial charge < -0.3 is 4.74 Å². The molecule has 0 N–H and O–H groups in total. The number of allylic oxidation sites excluding steroid dienone is 2. The third-order valence-electron chi connectivity index (χ3n) is 12.9. The van der Waals surface area contributed by atoms with Crippen molar-refractivity contribution in [3.8, 4) is 0 Å². The topological polar surface area (TPSA) is 26.3 Å². The molecule has 0 fully saturated rings. The molecule has 0 aromatic rings. The summed E-state index contributed by atoms with van der Waals surface area (Å²) in [7, 11) is 0. The Kier molecular flexibility index (Phi) is 53.5. The molecule has 0 aliphatic heterocycles. The average Bonchev–Trinajstić information content (AvgIpc) is 3.23. The molecule has 0 radical (unpaired) electrons. The molecule has 0 aromatic heterocycles.